The summed E-state index contributed by atoms with van der Waals surface area (Å²) in [6, 6.07) is 21.8. The summed E-state index contributed by atoms with van der Waals surface area (Å²) in [5.41, 5.74) is 3.21. The van der Waals surface area contributed by atoms with E-state index in [1.165, 1.54) is 28.6 Å². The highest BCUT2D eigenvalue weighted by atomic mass is 32.2. The topological polar surface area (TPSA) is 86.8 Å². The zero-order valence-electron chi connectivity index (χ0n) is 23.3. The van der Waals surface area contributed by atoms with Gasteiger partial charge < -0.3 is 10.2 Å². The van der Waals surface area contributed by atoms with Crippen LogP contribution in [-0.4, -0.2) is 50.5 Å². The highest BCUT2D eigenvalue weighted by molar-refractivity contribution is 7.92. The summed E-state index contributed by atoms with van der Waals surface area (Å²) in [6.07, 6.45) is 2.45. The molecule has 0 aliphatic carbocycles. The van der Waals surface area contributed by atoms with E-state index in [1.54, 1.807) is 4.90 Å². The lowest BCUT2D eigenvalue weighted by atomic mass is 10.0. The highest BCUT2D eigenvalue weighted by Crippen LogP contribution is 2.21. The van der Waals surface area contributed by atoms with Gasteiger partial charge in [-0.3, -0.25) is 13.9 Å². The van der Waals surface area contributed by atoms with Gasteiger partial charge in [0.25, 0.3) is 0 Å². The summed E-state index contributed by atoms with van der Waals surface area (Å²) in [4.78, 5) is 28.8. The van der Waals surface area contributed by atoms with Crippen LogP contribution in [-0.2, 0) is 32.6 Å². The molecule has 1 atom stereocenters. The predicted octanol–water partition coefficient (Wildman–Crippen LogP) is 4.85. The van der Waals surface area contributed by atoms with Crippen molar-refractivity contribution in [3.63, 3.8) is 0 Å². The Balaban J connectivity index is 1.86. The molecule has 9 heteroatoms. The molecule has 0 heterocycles. The Morgan fingerprint density at radius 1 is 0.950 bits per heavy atom. The number of hydrogen-bond donors (Lipinski definition) is 1. The van der Waals surface area contributed by atoms with Gasteiger partial charge in [-0.2, -0.15) is 0 Å². The molecule has 2 amide bonds. The molecule has 0 bridgehead atoms. The maximum Gasteiger partial charge on any atom is 0.243 e. The van der Waals surface area contributed by atoms with Crippen LogP contribution < -0.4 is 9.62 Å². The number of hydrogen-bond acceptors (Lipinski definition) is 4. The van der Waals surface area contributed by atoms with Crippen molar-refractivity contribution in [1.82, 2.24) is 10.2 Å². The standard InChI is InChI=1S/C31H38FN3O4S/c1-4-19-33-31(37)29(22-25-11-6-5-7-12-25)34(23-26-13-8-10-24(2)21-26)30(36)14-9-20-35(40(3,38)39)28-17-15-27(32)16-18-28/h5-8,10-13,15-18,21,29H,4,9,14,19-20,22-23H2,1-3H3,(H,33,37)/t29-/m1/s1. The molecule has 1 N–H and O–H groups in total. The van der Waals surface area contributed by atoms with Crippen LogP contribution in [0, 0.1) is 12.7 Å². The quantitative estimate of drug-likeness (QED) is 0.302. The summed E-state index contributed by atoms with van der Waals surface area (Å²) in [5.74, 6) is -0.942. The van der Waals surface area contributed by atoms with Gasteiger partial charge in [-0.05, 0) is 55.2 Å². The number of nitrogens with zero attached hydrogens (tertiary/aromatic N) is 2. The second-order valence-electron chi connectivity index (χ2n) is 9.92. The Morgan fingerprint density at radius 3 is 2.25 bits per heavy atom. The molecule has 0 saturated carbocycles. The zero-order valence-corrected chi connectivity index (χ0v) is 24.2. The first-order chi connectivity index (χ1) is 19.1. The summed E-state index contributed by atoms with van der Waals surface area (Å²) in [7, 11) is -3.66. The van der Waals surface area contributed by atoms with Gasteiger partial charge in [0.1, 0.15) is 11.9 Å². The van der Waals surface area contributed by atoms with Gasteiger partial charge in [0.05, 0.1) is 11.9 Å². The van der Waals surface area contributed by atoms with Crippen LogP contribution in [0.25, 0.3) is 0 Å². The molecule has 214 valence electrons. The van der Waals surface area contributed by atoms with Gasteiger partial charge in [-0.1, -0.05) is 67.1 Å². The number of halogens is 1. The normalized spacial score (nSPS) is 12.0. The third kappa shape index (κ3) is 9.19. The molecule has 7 nitrogen and oxygen atoms in total. The van der Waals surface area contributed by atoms with Gasteiger partial charge in [-0.25, -0.2) is 12.8 Å². The number of rotatable bonds is 14. The minimum absolute atomic E-state index is 0.0331. The number of benzene rings is 3. The lowest BCUT2D eigenvalue weighted by molar-refractivity contribution is -0.141. The van der Waals surface area contributed by atoms with E-state index >= 15 is 0 Å². The van der Waals surface area contributed by atoms with E-state index in [0.717, 1.165) is 29.4 Å². The average molecular weight is 568 g/mol. The number of carbonyl (C=O) groups is 2. The molecule has 3 rings (SSSR count). The van der Waals surface area contributed by atoms with E-state index in [4.69, 9.17) is 0 Å². The Morgan fingerprint density at radius 2 is 1.62 bits per heavy atom. The predicted molar refractivity (Wildman–Crippen MR) is 157 cm³/mol. The maximum absolute atomic E-state index is 13.8. The van der Waals surface area contributed by atoms with Crippen molar-refractivity contribution in [2.45, 2.75) is 52.1 Å². The molecule has 0 aromatic heterocycles. The van der Waals surface area contributed by atoms with E-state index in [0.29, 0.717) is 18.7 Å². The third-order valence-corrected chi connectivity index (χ3v) is 7.72. The van der Waals surface area contributed by atoms with Crippen LogP contribution in [0.2, 0.25) is 0 Å². The fourth-order valence-electron chi connectivity index (χ4n) is 4.54. The van der Waals surface area contributed by atoms with Crippen LogP contribution in [0.3, 0.4) is 0 Å². The molecular formula is C31H38FN3O4S. The Hall–Kier alpha value is -3.72. The first kappa shape index (κ1) is 30.8. The lowest BCUT2D eigenvalue weighted by Gasteiger charge is -2.32. The molecule has 0 radical (unpaired) electrons. The smallest absolute Gasteiger partial charge is 0.243 e. The molecule has 0 spiro atoms. The molecule has 0 unspecified atom stereocenters. The number of sulfonamides is 1. The number of anilines is 1. The second-order valence-corrected chi connectivity index (χ2v) is 11.8. The van der Waals surface area contributed by atoms with Gasteiger partial charge in [0.15, 0.2) is 0 Å². The van der Waals surface area contributed by atoms with E-state index in [-0.39, 0.29) is 37.7 Å². The minimum Gasteiger partial charge on any atom is -0.354 e. The molecule has 3 aromatic rings. The van der Waals surface area contributed by atoms with E-state index in [1.807, 2.05) is 68.4 Å². The van der Waals surface area contributed by atoms with Gasteiger partial charge in [-0.15, -0.1) is 0 Å². The molecule has 0 aliphatic rings. The van der Waals surface area contributed by atoms with Crippen molar-refractivity contribution in [2.75, 3.05) is 23.7 Å². The molecule has 0 aliphatic heterocycles. The fourth-order valence-corrected chi connectivity index (χ4v) is 5.50. The van der Waals surface area contributed by atoms with E-state index in [9.17, 15) is 22.4 Å². The van der Waals surface area contributed by atoms with Crippen molar-refractivity contribution >= 4 is 27.5 Å². The van der Waals surface area contributed by atoms with Crippen molar-refractivity contribution in [2.24, 2.45) is 0 Å². The van der Waals surface area contributed by atoms with Gasteiger partial charge >= 0.3 is 0 Å². The van der Waals surface area contributed by atoms with Crippen LogP contribution in [0.5, 0.6) is 0 Å². The molecular weight excluding hydrogens is 529 g/mol. The van der Waals surface area contributed by atoms with E-state index < -0.39 is 21.9 Å². The highest BCUT2D eigenvalue weighted by Gasteiger charge is 2.30. The largest absolute Gasteiger partial charge is 0.354 e. The summed E-state index contributed by atoms with van der Waals surface area (Å²) in [5, 5.41) is 2.95. The zero-order chi connectivity index (χ0) is 29.1. The van der Waals surface area contributed by atoms with Crippen LogP contribution >= 0.6 is 0 Å². The Kier molecular flexibility index (Phi) is 11.3. The molecule has 3 aromatic carbocycles. The molecule has 0 saturated heterocycles. The monoisotopic (exact) mass is 567 g/mol. The van der Waals surface area contributed by atoms with Crippen molar-refractivity contribution < 1.29 is 22.4 Å². The van der Waals surface area contributed by atoms with Crippen LogP contribution in [0.1, 0.15) is 42.9 Å². The number of aryl methyl sites for hydroxylation is 1. The van der Waals surface area contributed by atoms with Crippen LogP contribution in [0.4, 0.5) is 10.1 Å². The van der Waals surface area contributed by atoms with Crippen LogP contribution in [0.15, 0.2) is 78.9 Å². The average Bonchev–Trinajstić information content (AvgIpc) is 2.92. The Labute approximate surface area is 237 Å². The maximum atomic E-state index is 13.8. The number of carbonyl (C=O) groups excluding carboxylic acids is 2. The first-order valence-electron chi connectivity index (χ1n) is 13.5. The Bertz CT molecular complexity index is 1360. The summed E-state index contributed by atoms with van der Waals surface area (Å²) < 4.78 is 39.6. The fraction of sp³-hybridized carbons (Fsp3) is 0.355. The number of amides is 2. The minimum atomic E-state index is -3.66. The van der Waals surface area contributed by atoms with Crippen molar-refractivity contribution in [1.29, 1.82) is 0 Å². The molecule has 40 heavy (non-hydrogen) atoms. The second kappa shape index (κ2) is 14.6. The van der Waals surface area contributed by atoms with Crippen molar-refractivity contribution in [3.8, 4) is 0 Å². The SMILES string of the molecule is CCCNC(=O)[C@@H](Cc1ccccc1)N(Cc1cccc(C)c1)C(=O)CCCN(c1ccc(F)cc1)S(C)(=O)=O. The van der Waals surface area contributed by atoms with Gasteiger partial charge in [0.2, 0.25) is 21.8 Å². The third-order valence-electron chi connectivity index (χ3n) is 6.52. The first-order valence-corrected chi connectivity index (χ1v) is 15.3. The van der Waals surface area contributed by atoms with E-state index in [2.05, 4.69) is 5.32 Å². The van der Waals surface area contributed by atoms with Crippen molar-refractivity contribution in [3.05, 3.63) is 101 Å². The number of nitrogens with one attached hydrogen (secondary N) is 1. The summed E-state index contributed by atoms with van der Waals surface area (Å²) >= 11 is 0. The molecule has 0 fully saturated rings. The summed E-state index contributed by atoms with van der Waals surface area (Å²) in [6.45, 7) is 4.72. The van der Waals surface area contributed by atoms with Gasteiger partial charge in [0, 0.05) is 32.5 Å². The lowest BCUT2D eigenvalue weighted by Crippen LogP contribution is -2.50.